The van der Waals surface area contributed by atoms with Crippen LogP contribution in [0.25, 0.3) is 0 Å². The molecule has 1 aromatic carbocycles. The van der Waals surface area contributed by atoms with Crippen molar-refractivity contribution in [3.63, 3.8) is 0 Å². The topological polar surface area (TPSA) is 43.1 Å². The standard InChI is InChI=1S/C10H12BrNO/c1-7(6-12)10(13)8-4-2-3-5-9(8)11/h2-5,7H,6,12H2,1H3. The maximum Gasteiger partial charge on any atom is 0.168 e. The minimum Gasteiger partial charge on any atom is -0.330 e. The van der Waals surface area contributed by atoms with Gasteiger partial charge in [-0.05, 0) is 6.07 Å². The SMILES string of the molecule is CC(CN)C(=O)c1ccccc1Br. The third-order valence-electron chi connectivity index (χ3n) is 1.94. The molecule has 0 aliphatic heterocycles. The molecule has 13 heavy (non-hydrogen) atoms. The van der Waals surface area contributed by atoms with Crippen molar-refractivity contribution in [3.05, 3.63) is 34.3 Å². The highest BCUT2D eigenvalue weighted by Gasteiger charge is 2.15. The number of benzene rings is 1. The first-order valence-electron chi connectivity index (χ1n) is 4.15. The Kier molecular flexibility index (Phi) is 3.63. The van der Waals surface area contributed by atoms with Crippen LogP contribution in [0.1, 0.15) is 17.3 Å². The molecule has 1 aromatic rings. The van der Waals surface area contributed by atoms with Crippen molar-refractivity contribution in [2.75, 3.05) is 6.54 Å². The summed E-state index contributed by atoms with van der Waals surface area (Å²) in [5, 5.41) is 0. The number of hydrogen-bond acceptors (Lipinski definition) is 2. The van der Waals surface area contributed by atoms with E-state index in [4.69, 9.17) is 5.73 Å². The van der Waals surface area contributed by atoms with Crippen molar-refractivity contribution in [2.24, 2.45) is 11.7 Å². The van der Waals surface area contributed by atoms with E-state index in [1.165, 1.54) is 0 Å². The summed E-state index contributed by atoms with van der Waals surface area (Å²) in [4.78, 5) is 11.7. The van der Waals surface area contributed by atoms with E-state index in [9.17, 15) is 4.79 Å². The van der Waals surface area contributed by atoms with E-state index in [-0.39, 0.29) is 11.7 Å². The summed E-state index contributed by atoms with van der Waals surface area (Å²) < 4.78 is 0.834. The Morgan fingerprint density at radius 1 is 1.54 bits per heavy atom. The van der Waals surface area contributed by atoms with Gasteiger partial charge in [0.15, 0.2) is 5.78 Å². The third kappa shape index (κ3) is 2.39. The van der Waals surface area contributed by atoms with Crippen molar-refractivity contribution in [2.45, 2.75) is 6.92 Å². The first-order chi connectivity index (χ1) is 6.16. The molecule has 0 saturated heterocycles. The van der Waals surface area contributed by atoms with Crippen LogP contribution in [0.5, 0.6) is 0 Å². The Bertz CT molecular complexity index is 312. The maximum atomic E-state index is 11.7. The normalized spacial score (nSPS) is 12.5. The number of rotatable bonds is 3. The lowest BCUT2D eigenvalue weighted by Gasteiger charge is -2.08. The molecule has 1 rings (SSSR count). The third-order valence-corrected chi connectivity index (χ3v) is 2.63. The Morgan fingerprint density at radius 2 is 2.15 bits per heavy atom. The van der Waals surface area contributed by atoms with Crippen LogP contribution in [0.2, 0.25) is 0 Å². The van der Waals surface area contributed by atoms with Crippen LogP contribution in [-0.4, -0.2) is 12.3 Å². The molecule has 70 valence electrons. The fourth-order valence-corrected chi connectivity index (χ4v) is 1.51. The highest BCUT2D eigenvalue weighted by atomic mass is 79.9. The summed E-state index contributed by atoms with van der Waals surface area (Å²) >= 11 is 3.33. The highest BCUT2D eigenvalue weighted by molar-refractivity contribution is 9.10. The van der Waals surface area contributed by atoms with E-state index in [1.807, 2.05) is 25.1 Å². The van der Waals surface area contributed by atoms with Crippen LogP contribution in [0, 0.1) is 5.92 Å². The lowest BCUT2D eigenvalue weighted by molar-refractivity contribution is 0.0933. The van der Waals surface area contributed by atoms with Crippen molar-refractivity contribution in [1.82, 2.24) is 0 Å². The number of nitrogens with two attached hydrogens (primary N) is 1. The lowest BCUT2D eigenvalue weighted by atomic mass is 10.00. The van der Waals surface area contributed by atoms with E-state index in [0.29, 0.717) is 12.1 Å². The molecule has 0 saturated carbocycles. The Balaban J connectivity index is 2.95. The predicted molar refractivity (Wildman–Crippen MR) is 56.7 cm³/mol. The zero-order chi connectivity index (χ0) is 9.84. The van der Waals surface area contributed by atoms with E-state index in [0.717, 1.165) is 4.47 Å². The maximum absolute atomic E-state index is 11.7. The van der Waals surface area contributed by atoms with Crippen molar-refractivity contribution >= 4 is 21.7 Å². The molecule has 0 radical (unpaired) electrons. The molecule has 0 spiro atoms. The van der Waals surface area contributed by atoms with E-state index < -0.39 is 0 Å². The molecule has 0 amide bonds. The quantitative estimate of drug-likeness (QED) is 0.826. The second-order valence-electron chi connectivity index (χ2n) is 2.98. The molecule has 2 N–H and O–H groups in total. The van der Waals surface area contributed by atoms with E-state index in [1.54, 1.807) is 6.07 Å². The average Bonchev–Trinajstić information content (AvgIpc) is 2.16. The fourth-order valence-electron chi connectivity index (χ4n) is 1.03. The minimum atomic E-state index is -0.112. The monoisotopic (exact) mass is 241 g/mol. The number of halogens is 1. The van der Waals surface area contributed by atoms with E-state index in [2.05, 4.69) is 15.9 Å². The highest BCUT2D eigenvalue weighted by Crippen LogP contribution is 2.18. The molecule has 0 aliphatic carbocycles. The van der Waals surface area contributed by atoms with Crippen LogP contribution in [0.3, 0.4) is 0 Å². The minimum absolute atomic E-state index is 0.0926. The molecule has 2 nitrogen and oxygen atoms in total. The van der Waals surface area contributed by atoms with Gasteiger partial charge in [0.05, 0.1) is 0 Å². The summed E-state index contributed by atoms with van der Waals surface area (Å²) in [5.74, 6) is -0.0197. The number of hydrogen-bond donors (Lipinski definition) is 1. The summed E-state index contributed by atoms with van der Waals surface area (Å²) in [5.41, 5.74) is 6.13. The zero-order valence-corrected chi connectivity index (χ0v) is 9.04. The van der Waals surface area contributed by atoms with Gasteiger partial charge < -0.3 is 5.73 Å². The van der Waals surface area contributed by atoms with Gasteiger partial charge in [-0.3, -0.25) is 4.79 Å². The summed E-state index contributed by atoms with van der Waals surface area (Å²) in [6, 6.07) is 7.39. The van der Waals surface area contributed by atoms with Gasteiger partial charge in [-0.2, -0.15) is 0 Å². The Morgan fingerprint density at radius 3 is 2.69 bits per heavy atom. The van der Waals surface area contributed by atoms with Gasteiger partial charge in [-0.25, -0.2) is 0 Å². The van der Waals surface area contributed by atoms with Gasteiger partial charge in [-0.1, -0.05) is 41.1 Å². The summed E-state index contributed by atoms with van der Waals surface area (Å²) in [6.07, 6.45) is 0. The molecule has 0 heterocycles. The molecule has 3 heteroatoms. The second-order valence-corrected chi connectivity index (χ2v) is 3.84. The van der Waals surface area contributed by atoms with Gasteiger partial charge in [0, 0.05) is 22.5 Å². The Hall–Kier alpha value is -0.670. The van der Waals surface area contributed by atoms with Gasteiger partial charge in [0.1, 0.15) is 0 Å². The first-order valence-corrected chi connectivity index (χ1v) is 4.95. The fraction of sp³-hybridized carbons (Fsp3) is 0.300. The second kappa shape index (κ2) is 4.53. The lowest BCUT2D eigenvalue weighted by Crippen LogP contribution is -2.20. The van der Waals surface area contributed by atoms with Crippen molar-refractivity contribution in [1.29, 1.82) is 0 Å². The van der Waals surface area contributed by atoms with Crippen molar-refractivity contribution < 1.29 is 4.79 Å². The molecular weight excluding hydrogens is 230 g/mol. The molecule has 1 atom stereocenters. The number of carbonyl (C=O) groups is 1. The van der Waals surface area contributed by atoms with E-state index >= 15 is 0 Å². The smallest absolute Gasteiger partial charge is 0.168 e. The van der Waals surface area contributed by atoms with Gasteiger partial charge >= 0.3 is 0 Å². The largest absolute Gasteiger partial charge is 0.330 e. The average molecular weight is 242 g/mol. The number of ketones is 1. The molecule has 0 aromatic heterocycles. The summed E-state index contributed by atoms with van der Waals surface area (Å²) in [7, 11) is 0. The number of carbonyl (C=O) groups excluding carboxylic acids is 1. The molecule has 1 unspecified atom stereocenters. The van der Waals surface area contributed by atoms with Crippen LogP contribution < -0.4 is 5.73 Å². The Labute approximate surface area is 86.3 Å². The molecular formula is C10H12BrNO. The van der Waals surface area contributed by atoms with Crippen LogP contribution in [0.15, 0.2) is 28.7 Å². The van der Waals surface area contributed by atoms with Crippen molar-refractivity contribution in [3.8, 4) is 0 Å². The van der Waals surface area contributed by atoms with Gasteiger partial charge in [0.2, 0.25) is 0 Å². The first kappa shape index (κ1) is 10.4. The zero-order valence-electron chi connectivity index (χ0n) is 7.46. The van der Waals surface area contributed by atoms with Crippen LogP contribution in [-0.2, 0) is 0 Å². The summed E-state index contributed by atoms with van der Waals surface area (Å²) in [6.45, 7) is 2.22. The van der Waals surface area contributed by atoms with Gasteiger partial charge in [-0.15, -0.1) is 0 Å². The molecule has 0 bridgehead atoms. The van der Waals surface area contributed by atoms with Crippen LogP contribution in [0.4, 0.5) is 0 Å². The van der Waals surface area contributed by atoms with Crippen LogP contribution >= 0.6 is 15.9 Å². The molecule has 0 aliphatic rings. The number of Topliss-reactive ketones (excluding diaryl/α,β-unsaturated/α-hetero) is 1. The van der Waals surface area contributed by atoms with Gasteiger partial charge in [0.25, 0.3) is 0 Å². The predicted octanol–water partition coefficient (Wildman–Crippen LogP) is 2.23. The molecule has 0 fully saturated rings.